The normalized spacial score (nSPS) is 14.4. The Balaban J connectivity index is 1.75. The van der Waals surface area contributed by atoms with Crippen LogP contribution in [-0.4, -0.2) is 41.8 Å². The van der Waals surface area contributed by atoms with E-state index in [2.05, 4.69) is 10.6 Å². The lowest BCUT2D eigenvalue weighted by atomic mass is 9.95. The third kappa shape index (κ3) is 4.28. The van der Waals surface area contributed by atoms with Crippen molar-refractivity contribution >= 4 is 28.9 Å². The number of piperidine rings is 1. The molecule has 0 aliphatic carbocycles. The minimum atomic E-state index is -0.500. The van der Waals surface area contributed by atoms with E-state index in [-0.39, 0.29) is 29.0 Å². The highest BCUT2D eigenvalue weighted by atomic mass is 16.6. The number of carbonyl (C=O) groups excluding carboxylic acids is 2. The summed E-state index contributed by atoms with van der Waals surface area (Å²) in [5, 5.41) is 17.2. The third-order valence-corrected chi connectivity index (χ3v) is 4.89. The molecule has 2 amide bonds. The van der Waals surface area contributed by atoms with Crippen LogP contribution < -0.4 is 10.6 Å². The first-order valence-corrected chi connectivity index (χ1v) is 9.11. The first kappa shape index (κ1) is 19.3. The minimum Gasteiger partial charge on any atom is -0.359 e. The van der Waals surface area contributed by atoms with E-state index in [9.17, 15) is 19.7 Å². The fourth-order valence-corrected chi connectivity index (χ4v) is 3.33. The number of likely N-dealkylation sites (tertiary alicyclic amines) is 1. The molecular formula is C20H22N4O4. The molecule has 0 atom stereocenters. The van der Waals surface area contributed by atoms with Crippen LogP contribution in [0.15, 0.2) is 48.5 Å². The smallest absolute Gasteiger partial charge is 0.293 e. The summed E-state index contributed by atoms with van der Waals surface area (Å²) in [5.74, 6) is -0.371. The van der Waals surface area contributed by atoms with Crippen molar-refractivity contribution in [2.24, 2.45) is 5.92 Å². The molecule has 1 heterocycles. The summed E-state index contributed by atoms with van der Waals surface area (Å²) in [6.07, 6.45) is 1.17. The number of carbonyl (C=O) groups is 2. The van der Waals surface area contributed by atoms with Gasteiger partial charge in [-0.1, -0.05) is 18.2 Å². The van der Waals surface area contributed by atoms with Crippen LogP contribution in [0.4, 0.5) is 17.1 Å². The van der Waals surface area contributed by atoms with E-state index < -0.39 is 4.92 Å². The molecule has 1 aliphatic heterocycles. The summed E-state index contributed by atoms with van der Waals surface area (Å²) in [7, 11) is 1.60. The number of anilines is 2. The van der Waals surface area contributed by atoms with E-state index in [1.165, 1.54) is 6.07 Å². The Bertz CT molecular complexity index is 877. The Morgan fingerprint density at radius 1 is 1.11 bits per heavy atom. The summed E-state index contributed by atoms with van der Waals surface area (Å²) >= 11 is 0. The zero-order valence-electron chi connectivity index (χ0n) is 15.6. The zero-order chi connectivity index (χ0) is 20.1. The fraction of sp³-hybridized carbons (Fsp3) is 0.300. The Labute approximate surface area is 162 Å². The molecule has 0 aromatic heterocycles. The van der Waals surface area contributed by atoms with Gasteiger partial charge in [-0.05, 0) is 37.1 Å². The molecule has 0 saturated carbocycles. The number of nitrogens with zero attached hydrogens (tertiary/aromatic N) is 2. The van der Waals surface area contributed by atoms with E-state index in [0.29, 0.717) is 31.6 Å². The van der Waals surface area contributed by atoms with Crippen molar-refractivity contribution < 1.29 is 14.5 Å². The zero-order valence-corrected chi connectivity index (χ0v) is 15.6. The van der Waals surface area contributed by atoms with Crippen molar-refractivity contribution in [3.8, 4) is 0 Å². The van der Waals surface area contributed by atoms with Crippen molar-refractivity contribution in [1.29, 1.82) is 0 Å². The molecule has 1 fully saturated rings. The molecule has 2 aromatic carbocycles. The number of nitro benzene ring substituents is 1. The maximum absolute atomic E-state index is 12.8. The van der Waals surface area contributed by atoms with Crippen molar-refractivity contribution in [3.05, 3.63) is 64.2 Å². The Hall–Kier alpha value is -3.42. The average Bonchev–Trinajstić information content (AvgIpc) is 2.73. The Morgan fingerprint density at radius 3 is 2.39 bits per heavy atom. The lowest BCUT2D eigenvalue weighted by molar-refractivity contribution is -0.383. The second-order valence-electron chi connectivity index (χ2n) is 6.66. The molecular weight excluding hydrogens is 360 g/mol. The number of rotatable bonds is 5. The van der Waals surface area contributed by atoms with Crippen LogP contribution in [0, 0.1) is 16.0 Å². The van der Waals surface area contributed by atoms with Gasteiger partial charge in [0.2, 0.25) is 5.91 Å². The largest absolute Gasteiger partial charge is 0.359 e. The number of benzene rings is 2. The third-order valence-electron chi connectivity index (χ3n) is 4.89. The molecule has 2 aromatic rings. The van der Waals surface area contributed by atoms with Gasteiger partial charge < -0.3 is 15.5 Å². The number of nitro groups is 1. The lowest BCUT2D eigenvalue weighted by Gasteiger charge is -2.31. The maximum atomic E-state index is 12.8. The van der Waals surface area contributed by atoms with Gasteiger partial charge in [-0.3, -0.25) is 19.7 Å². The highest BCUT2D eigenvalue weighted by Gasteiger charge is 2.28. The van der Waals surface area contributed by atoms with Gasteiger partial charge in [0.05, 0.1) is 4.92 Å². The van der Waals surface area contributed by atoms with Crippen LogP contribution in [0.5, 0.6) is 0 Å². The molecule has 3 rings (SSSR count). The summed E-state index contributed by atoms with van der Waals surface area (Å²) in [6, 6.07) is 13.6. The predicted molar refractivity (Wildman–Crippen MR) is 106 cm³/mol. The van der Waals surface area contributed by atoms with Crippen LogP contribution in [0.1, 0.15) is 23.2 Å². The molecule has 1 saturated heterocycles. The monoisotopic (exact) mass is 382 g/mol. The standard InChI is InChI=1S/C20H22N4O4/c1-21-19(25)14-9-11-23(12-10-14)20(26)15-7-8-17(18(13-15)24(27)28)22-16-5-3-2-4-6-16/h2-8,13-14,22H,9-12H2,1H3,(H,21,25). The van der Waals surface area contributed by atoms with Crippen LogP contribution in [0.25, 0.3) is 0 Å². The van der Waals surface area contributed by atoms with E-state index in [4.69, 9.17) is 0 Å². The van der Waals surface area contributed by atoms with E-state index in [0.717, 1.165) is 5.69 Å². The molecule has 0 unspecified atom stereocenters. The van der Waals surface area contributed by atoms with Crippen molar-refractivity contribution in [1.82, 2.24) is 10.2 Å². The second-order valence-corrected chi connectivity index (χ2v) is 6.66. The molecule has 8 nitrogen and oxygen atoms in total. The summed E-state index contributed by atoms with van der Waals surface area (Å²) in [5.41, 5.74) is 1.16. The highest BCUT2D eigenvalue weighted by molar-refractivity contribution is 5.96. The number of hydrogen-bond acceptors (Lipinski definition) is 5. The summed E-state index contributed by atoms with van der Waals surface area (Å²) in [4.78, 5) is 37.1. The lowest BCUT2D eigenvalue weighted by Crippen LogP contribution is -2.42. The van der Waals surface area contributed by atoms with E-state index >= 15 is 0 Å². The number of hydrogen-bond donors (Lipinski definition) is 2. The predicted octanol–water partition coefficient (Wildman–Crippen LogP) is 2.94. The molecule has 0 radical (unpaired) electrons. The van der Waals surface area contributed by atoms with Crippen LogP contribution in [0.3, 0.4) is 0 Å². The first-order chi connectivity index (χ1) is 13.5. The van der Waals surface area contributed by atoms with Gasteiger partial charge in [-0.15, -0.1) is 0 Å². The SMILES string of the molecule is CNC(=O)C1CCN(C(=O)c2ccc(Nc3ccccc3)c([N+](=O)[O-])c2)CC1. The molecule has 0 bridgehead atoms. The quantitative estimate of drug-likeness (QED) is 0.611. The highest BCUT2D eigenvalue weighted by Crippen LogP contribution is 2.29. The van der Waals surface area contributed by atoms with Crippen molar-refractivity contribution in [2.45, 2.75) is 12.8 Å². The Kier molecular flexibility index (Phi) is 5.88. The van der Waals surface area contributed by atoms with Gasteiger partial charge in [0.1, 0.15) is 5.69 Å². The van der Waals surface area contributed by atoms with E-state index in [1.807, 2.05) is 18.2 Å². The number of nitrogens with one attached hydrogen (secondary N) is 2. The van der Waals surface area contributed by atoms with Gasteiger partial charge >= 0.3 is 0 Å². The second kappa shape index (κ2) is 8.51. The van der Waals surface area contributed by atoms with Gasteiger partial charge in [0.25, 0.3) is 11.6 Å². The Morgan fingerprint density at radius 2 is 1.79 bits per heavy atom. The molecule has 8 heteroatoms. The van der Waals surface area contributed by atoms with Crippen LogP contribution in [0.2, 0.25) is 0 Å². The van der Waals surface area contributed by atoms with Gasteiger partial charge in [-0.25, -0.2) is 0 Å². The topological polar surface area (TPSA) is 105 Å². The molecule has 146 valence electrons. The fourth-order valence-electron chi connectivity index (χ4n) is 3.33. The maximum Gasteiger partial charge on any atom is 0.293 e. The average molecular weight is 382 g/mol. The van der Waals surface area contributed by atoms with Gasteiger partial charge in [0, 0.05) is 43.4 Å². The van der Waals surface area contributed by atoms with Crippen LogP contribution in [-0.2, 0) is 4.79 Å². The summed E-state index contributed by atoms with van der Waals surface area (Å²) < 4.78 is 0. The molecule has 1 aliphatic rings. The molecule has 2 N–H and O–H groups in total. The van der Waals surface area contributed by atoms with Crippen molar-refractivity contribution in [3.63, 3.8) is 0 Å². The first-order valence-electron chi connectivity index (χ1n) is 9.11. The number of para-hydroxylation sites is 1. The van der Waals surface area contributed by atoms with Crippen molar-refractivity contribution in [2.75, 3.05) is 25.5 Å². The molecule has 0 spiro atoms. The number of amides is 2. The summed E-state index contributed by atoms with van der Waals surface area (Å²) in [6.45, 7) is 0.906. The van der Waals surface area contributed by atoms with Gasteiger partial charge in [-0.2, -0.15) is 0 Å². The van der Waals surface area contributed by atoms with Crippen LogP contribution >= 0.6 is 0 Å². The minimum absolute atomic E-state index is 0.0147. The van der Waals surface area contributed by atoms with E-state index in [1.54, 1.807) is 36.2 Å². The van der Waals surface area contributed by atoms with Gasteiger partial charge in [0.15, 0.2) is 0 Å². The molecule has 28 heavy (non-hydrogen) atoms.